The zero-order valence-electron chi connectivity index (χ0n) is 12.9. The summed E-state index contributed by atoms with van der Waals surface area (Å²) in [6, 6.07) is 2.82. The number of nitrogens with zero attached hydrogens (tertiary/aromatic N) is 3. The minimum atomic E-state index is -1.12. The molecule has 3 rings (SSSR count). The van der Waals surface area contributed by atoms with Gasteiger partial charge in [-0.05, 0) is 31.4 Å². The number of halogens is 1. The van der Waals surface area contributed by atoms with E-state index in [-0.39, 0.29) is 24.8 Å². The lowest BCUT2D eigenvalue weighted by molar-refractivity contribution is -0.136. The van der Waals surface area contributed by atoms with Crippen LogP contribution in [0, 0.1) is 0 Å². The molecule has 0 aromatic carbocycles. The van der Waals surface area contributed by atoms with Crippen LogP contribution in [0.1, 0.15) is 36.2 Å². The van der Waals surface area contributed by atoms with Crippen molar-refractivity contribution < 1.29 is 14.0 Å². The standard InChI is InChI=1S/C16H22FN3O2/c1-18-7-5-6-13(18)16(22)20-11-12(17)10-14(20)15(21)19-8-3-2-4-9-19/h5-7,12,14H,2-4,8-11H2,1H3/t12-,14-/m0/s1. The van der Waals surface area contributed by atoms with Gasteiger partial charge in [-0.15, -0.1) is 0 Å². The van der Waals surface area contributed by atoms with Crippen molar-refractivity contribution in [3.63, 3.8) is 0 Å². The van der Waals surface area contributed by atoms with Crippen LogP contribution in [-0.2, 0) is 11.8 Å². The van der Waals surface area contributed by atoms with Gasteiger partial charge < -0.3 is 14.4 Å². The number of amides is 2. The SMILES string of the molecule is Cn1cccc1C(=O)N1C[C@@H](F)C[C@H]1C(=O)N1CCCCC1. The fraction of sp³-hybridized carbons (Fsp3) is 0.625. The minimum absolute atomic E-state index is 0.00819. The lowest BCUT2D eigenvalue weighted by atomic mass is 10.1. The van der Waals surface area contributed by atoms with Crippen molar-refractivity contribution >= 4 is 11.8 Å². The molecule has 1 aromatic rings. The van der Waals surface area contributed by atoms with Gasteiger partial charge in [-0.25, -0.2) is 4.39 Å². The van der Waals surface area contributed by atoms with Crippen LogP contribution in [0.5, 0.6) is 0 Å². The molecule has 0 spiro atoms. The fourth-order valence-corrected chi connectivity index (χ4v) is 3.40. The smallest absolute Gasteiger partial charge is 0.271 e. The summed E-state index contributed by atoms with van der Waals surface area (Å²) in [6.45, 7) is 1.45. The van der Waals surface area contributed by atoms with Gasteiger partial charge in [0.2, 0.25) is 5.91 Å². The van der Waals surface area contributed by atoms with E-state index in [2.05, 4.69) is 0 Å². The van der Waals surface area contributed by atoms with Crippen LogP contribution in [-0.4, -0.2) is 58.0 Å². The van der Waals surface area contributed by atoms with Crippen LogP contribution in [0.25, 0.3) is 0 Å². The van der Waals surface area contributed by atoms with E-state index in [1.807, 2.05) is 0 Å². The van der Waals surface area contributed by atoms with Crippen LogP contribution in [0.2, 0.25) is 0 Å². The third-order valence-electron chi connectivity index (χ3n) is 4.63. The summed E-state index contributed by atoms with van der Waals surface area (Å²) in [7, 11) is 1.78. The van der Waals surface area contributed by atoms with E-state index >= 15 is 0 Å². The summed E-state index contributed by atoms with van der Waals surface area (Å²) >= 11 is 0. The molecular weight excluding hydrogens is 285 g/mol. The molecule has 3 heterocycles. The first-order chi connectivity index (χ1) is 10.6. The summed E-state index contributed by atoms with van der Waals surface area (Å²) < 4.78 is 15.6. The average Bonchev–Trinajstić information content (AvgIpc) is 3.12. The fourth-order valence-electron chi connectivity index (χ4n) is 3.40. The lowest BCUT2D eigenvalue weighted by Gasteiger charge is -2.32. The first kappa shape index (κ1) is 15.1. The Morgan fingerprint density at radius 3 is 2.59 bits per heavy atom. The van der Waals surface area contributed by atoms with E-state index < -0.39 is 12.2 Å². The van der Waals surface area contributed by atoms with E-state index in [1.165, 1.54) is 4.90 Å². The van der Waals surface area contributed by atoms with Gasteiger partial charge >= 0.3 is 0 Å². The number of alkyl halides is 1. The van der Waals surface area contributed by atoms with Gasteiger partial charge in [-0.1, -0.05) is 0 Å². The topological polar surface area (TPSA) is 45.6 Å². The molecule has 5 nitrogen and oxygen atoms in total. The van der Waals surface area contributed by atoms with Crippen molar-refractivity contribution in [2.24, 2.45) is 7.05 Å². The molecule has 0 saturated carbocycles. The van der Waals surface area contributed by atoms with Gasteiger partial charge in [0.05, 0.1) is 6.54 Å². The van der Waals surface area contributed by atoms with Crippen molar-refractivity contribution in [2.45, 2.75) is 37.9 Å². The summed E-state index contributed by atoms with van der Waals surface area (Å²) in [5.74, 6) is -0.356. The Balaban J connectivity index is 1.78. The molecule has 0 radical (unpaired) electrons. The van der Waals surface area contributed by atoms with Gasteiger partial charge in [0.15, 0.2) is 0 Å². The molecule has 2 saturated heterocycles. The molecule has 2 atom stereocenters. The van der Waals surface area contributed by atoms with Crippen molar-refractivity contribution in [3.8, 4) is 0 Å². The highest BCUT2D eigenvalue weighted by Crippen LogP contribution is 2.25. The quantitative estimate of drug-likeness (QED) is 0.833. The largest absolute Gasteiger partial charge is 0.347 e. The Morgan fingerprint density at radius 2 is 1.95 bits per heavy atom. The monoisotopic (exact) mass is 307 g/mol. The maximum atomic E-state index is 13.9. The van der Waals surface area contributed by atoms with Crippen molar-refractivity contribution in [1.82, 2.24) is 14.4 Å². The summed E-state index contributed by atoms with van der Waals surface area (Å²) in [5.41, 5.74) is 0.491. The number of piperidine rings is 1. The second kappa shape index (κ2) is 6.10. The van der Waals surface area contributed by atoms with E-state index in [9.17, 15) is 14.0 Å². The Labute approximate surface area is 129 Å². The van der Waals surface area contributed by atoms with Crippen molar-refractivity contribution in [2.75, 3.05) is 19.6 Å². The van der Waals surface area contributed by atoms with Gasteiger partial charge in [-0.2, -0.15) is 0 Å². The zero-order valence-corrected chi connectivity index (χ0v) is 12.9. The van der Waals surface area contributed by atoms with E-state index in [1.54, 1.807) is 34.8 Å². The van der Waals surface area contributed by atoms with Crippen LogP contribution in [0.4, 0.5) is 4.39 Å². The third-order valence-corrected chi connectivity index (χ3v) is 4.63. The average molecular weight is 307 g/mol. The number of hydrogen-bond donors (Lipinski definition) is 0. The number of aromatic nitrogens is 1. The van der Waals surface area contributed by atoms with Crippen LogP contribution >= 0.6 is 0 Å². The van der Waals surface area contributed by atoms with Gasteiger partial charge in [0.25, 0.3) is 5.91 Å². The number of hydrogen-bond acceptors (Lipinski definition) is 2. The summed E-state index contributed by atoms with van der Waals surface area (Å²) in [4.78, 5) is 28.5. The van der Waals surface area contributed by atoms with Gasteiger partial charge in [0, 0.05) is 32.8 Å². The number of likely N-dealkylation sites (tertiary alicyclic amines) is 2. The van der Waals surface area contributed by atoms with E-state index in [0.717, 1.165) is 32.4 Å². The predicted octanol–water partition coefficient (Wildman–Crippen LogP) is 1.59. The molecule has 0 aliphatic carbocycles. The highest BCUT2D eigenvalue weighted by molar-refractivity contribution is 5.97. The van der Waals surface area contributed by atoms with Gasteiger partial charge in [0.1, 0.15) is 17.9 Å². The Morgan fingerprint density at radius 1 is 1.23 bits per heavy atom. The second-order valence-electron chi connectivity index (χ2n) is 6.20. The van der Waals surface area contributed by atoms with Crippen LogP contribution < -0.4 is 0 Å². The van der Waals surface area contributed by atoms with Gasteiger partial charge in [-0.3, -0.25) is 9.59 Å². The molecule has 2 aliphatic rings. The molecule has 2 aliphatic heterocycles. The number of aryl methyl sites for hydroxylation is 1. The predicted molar refractivity (Wildman–Crippen MR) is 80.2 cm³/mol. The normalized spacial score (nSPS) is 25.5. The molecule has 22 heavy (non-hydrogen) atoms. The second-order valence-corrected chi connectivity index (χ2v) is 6.20. The molecule has 6 heteroatoms. The Kier molecular flexibility index (Phi) is 4.18. The minimum Gasteiger partial charge on any atom is -0.347 e. The van der Waals surface area contributed by atoms with Crippen molar-refractivity contribution in [3.05, 3.63) is 24.0 Å². The molecule has 0 bridgehead atoms. The molecule has 1 aromatic heterocycles. The zero-order chi connectivity index (χ0) is 15.7. The highest BCUT2D eigenvalue weighted by Gasteiger charge is 2.42. The maximum Gasteiger partial charge on any atom is 0.271 e. The Bertz CT molecular complexity index is 565. The lowest BCUT2D eigenvalue weighted by Crippen LogP contribution is -2.49. The third kappa shape index (κ3) is 2.74. The summed E-state index contributed by atoms with van der Waals surface area (Å²) in [5, 5.41) is 0. The number of carbonyl (C=O) groups is 2. The highest BCUT2D eigenvalue weighted by atomic mass is 19.1. The maximum absolute atomic E-state index is 13.9. The van der Waals surface area contributed by atoms with E-state index in [0.29, 0.717) is 5.69 Å². The molecular formula is C16H22FN3O2. The van der Waals surface area contributed by atoms with E-state index in [4.69, 9.17) is 0 Å². The first-order valence-electron chi connectivity index (χ1n) is 7.93. The molecule has 2 fully saturated rings. The Hall–Kier alpha value is -1.85. The van der Waals surface area contributed by atoms with Crippen LogP contribution in [0.15, 0.2) is 18.3 Å². The van der Waals surface area contributed by atoms with Crippen molar-refractivity contribution in [1.29, 1.82) is 0 Å². The molecule has 2 amide bonds. The molecule has 0 unspecified atom stereocenters. The molecule has 0 N–H and O–H groups in total. The number of carbonyl (C=O) groups excluding carboxylic acids is 2. The van der Waals surface area contributed by atoms with Crippen LogP contribution in [0.3, 0.4) is 0 Å². The number of rotatable bonds is 2. The molecule has 120 valence electrons. The summed E-state index contributed by atoms with van der Waals surface area (Å²) in [6.07, 6.45) is 3.88. The first-order valence-corrected chi connectivity index (χ1v) is 7.93.